The SMILES string of the molecule is Nc1nc2c(s1)[C@@H](c1ccc3c(c1)OC(F)(F)O3)CC(=O)NC2. The molecule has 23 heavy (non-hydrogen) atoms. The lowest BCUT2D eigenvalue weighted by Crippen LogP contribution is -2.25. The molecule has 2 aliphatic heterocycles. The Morgan fingerprint density at radius 3 is 2.96 bits per heavy atom. The molecule has 0 spiro atoms. The average molecular weight is 339 g/mol. The molecule has 2 aromatic rings. The van der Waals surface area contributed by atoms with E-state index in [0.717, 1.165) is 4.88 Å². The number of carbonyl (C=O) groups excluding carboxylic acids is 1. The number of nitrogen functional groups attached to an aromatic ring is 1. The van der Waals surface area contributed by atoms with Gasteiger partial charge in [0.25, 0.3) is 0 Å². The summed E-state index contributed by atoms with van der Waals surface area (Å²) in [4.78, 5) is 17.0. The normalized spacial score (nSPS) is 21.5. The molecular weight excluding hydrogens is 328 g/mol. The maximum Gasteiger partial charge on any atom is 0.586 e. The molecule has 1 aromatic carbocycles. The van der Waals surface area contributed by atoms with Crippen LogP contribution in [0.15, 0.2) is 18.2 Å². The van der Waals surface area contributed by atoms with Crippen LogP contribution in [-0.4, -0.2) is 17.2 Å². The van der Waals surface area contributed by atoms with Crippen LogP contribution in [0, 0.1) is 0 Å². The third-order valence-corrected chi connectivity index (χ3v) is 4.77. The first-order valence-electron chi connectivity index (χ1n) is 6.83. The van der Waals surface area contributed by atoms with Crippen molar-refractivity contribution in [1.82, 2.24) is 10.3 Å². The molecule has 4 rings (SSSR count). The molecule has 0 saturated carbocycles. The number of benzene rings is 1. The third-order valence-electron chi connectivity index (χ3n) is 3.73. The maximum absolute atomic E-state index is 13.1. The summed E-state index contributed by atoms with van der Waals surface area (Å²) >= 11 is 1.30. The van der Waals surface area contributed by atoms with Crippen LogP contribution in [0.25, 0.3) is 0 Å². The van der Waals surface area contributed by atoms with E-state index in [0.29, 0.717) is 22.9 Å². The number of amides is 1. The molecule has 0 aliphatic carbocycles. The summed E-state index contributed by atoms with van der Waals surface area (Å²) in [6.07, 6.45) is -3.48. The number of nitrogens with zero attached hydrogens (tertiary/aromatic N) is 1. The number of nitrogens with two attached hydrogens (primary N) is 1. The lowest BCUT2D eigenvalue weighted by atomic mass is 9.93. The van der Waals surface area contributed by atoms with Crippen LogP contribution in [0.2, 0.25) is 0 Å². The molecule has 0 unspecified atom stereocenters. The highest BCUT2D eigenvalue weighted by molar-refractivity contribution is 7.15. The van der Waals surface area contributed by atoms with Crippen LogP contribution >= 0.6 is 11.3 Å². The van der Waals surface area contributed by atoms with Crippen molar-refractivity contribution < 1.29 is 23.0 Å². The maximum atomic E-state index is 13.1. The summed E-state index contributed by atoms with van der Waals surface area (Å²) in [7, 11) is 0. The zero-order chi connectivity index (χ0) is 16.2. The Kier molecular flexibility index (Phi) is 2.95. The minimum Gasteiger partial charge on any atom is -0.395 e. The van der Waals surface area contributed by atoms with Gasteiger partial charge in [-0.05, 0) is 17.7 Å². The van der Waals surface area contributed by atoms with Crippen molar-refractivity contribution in [3.05, 3.63) is 34.3 Å². The van der Waals surface area contributed by atoms with Gasteiger partial charge in [0.05, 0.1) is 12.2 Å². The van der Waals surface area contributed by atoms with Crippen molar-refractivity contribution in [2.24, 2.45) is 0 Å². The molecule has 0 radical (unpaired) electrons. The average Bonchev–Trinajstić information content (AvgIpc) is 2.94. The molecule has 1 amide bonds. The lowest BCUT2D eigenvalue weighted by Gasteiger charge is -2.14. The van der Waals surface area contributed by atoms with Crippen molar-refractivity contribution >= 4 is 22.4 Å². The number of nitrogens with one attached hydrogen (secondary N) is 1. The van der Waals surface area contributed by atoms with Crippen LogP contribution < -0.4 is 20.5 Å². The fourth-order valence-corrected chi connectivity index (χ4v) is 3.74. The number of hydrogen-bond acceptors (Lipinski definition) is 6. The van der Waals surface area contributed by atoms with Crippen LogP contribution in [0.3, 0.4) is 0 Å². The highest BCUT2D eigenvalue weighted by Gasteiger charge is 2.43. The minimum atomic E-state index is -3.66. The van der Waals surface area contributed by atoms with Crippen LogP contribution in [0.4, 0.5) is 13.9 Å². The summed E-state index contributed by atoms with van der Waals surface area (Å²) < 4.78 is 35.2. The van der Waals surface area contributed by atoms with Gasteiger partial charge in [-0.15, -0.1) is 20.1 Å². The van der Waals surface area contributed by atoms with Gasteiger partial charge in [-0.1, -0.05) is 6.07 Å². The van der Waals surface area contributed by atoms with E-state index in [9.17, 15) is 13.6 Å². The van der Waals surface area contributed by atoms with Gasteiger partial charge in [0.15, 0.2) is 16.6 Å². The monoisotopic (exact) mass is 339 g/mol. The minimum absolute atomic E-state index is 0.0270. The first kappa shape index (κ1) is 14.2. The fourth-order valence-electron chi connectivity index (χ4n) is 2.77. The Bertz CT molecular complexity index is 809. The van der Waals surface area contributed by atoms with E-state index in [2.05, 4.69) is 19.8 Å². The zero-order valence-corrected chi connectivity index (χ0v) is 12.5. The number of fused-ring (bicyclic) bond motifs is 2. The highest BCUT2D eigenvalue weighted by atomic mass is 32.1. The van der Waals surface area contributed by atoms with E-state index in [1.165, 1.54) is 23.5 Å². The van der Waals surface area contributed by atoms with Crippen molar-refractivity contribution in [3.8, 4) is 11.5 Å². The van der Waals surface area contributed by atoms with E-state index < -0.39 is 6.29 Å². The Morgan fingerprint density at radius 1 is 1.35 bits per heavy atom. The predicted octanol–water partition coefficient (Wildman–Crippen LogP) is 2.20. The van der Waals surface area contributed by atoms with E-state index in [1.807, 2.05) is 0 Å². The van der Waals surface area contributed by atoms with Crippen LogP contribution in [-0.2, 0) is 11.3 Å². The molecule has 3 heterocycles. The summed E-state index contributed by atoms with van der Waals surface area (Å²) in [5, 5.41) is 3.16. The number of ether oxygens (including phenoxy) is 2. The molecule has 1 atom stereocenters. The third kappa shape index (κ3) is 2.46. The van der Waals surface area contributed by atoms with Crippen LogP contribution in [0.5, 0.6) is 11.5 Å². The van der Waals surface area contributed by atoms with Gasteiger partial charge >= 0.3 is 6.29 Å². The lowest BCUT2D eigenvalue weighted by molar-refractivity contribution is -0.286. The van der Waals surface area contributed by atoms with E-state index >= 15 is 0 Å². The number of halogens is 2. The topological polar surface area (TPSA) is 86.5 Å². The number of aromatic nitrogens is 1. The molecule has 6 nitrogen and oxygen atoms in total. The molecule has 0 fully saturated rings. The Labute approximate surface area is 133 Å². The van der Waals surface area contributed by atoms with Crippen molar-refractivity contribution in [2.75, 3.05) is 5.73 Å². The van der Waals surface area contributed by atoms with E-state index in [1.54, 1.807) is 6.07 Å². The Hall–Kier alpha value is -2.42. The number of alkyl halides is 2. The largest absolute Gasteiger partial charge is 0.586 e. The second-order valence-corrected chi connectivity index (χ2v) is 6.33. The van der Waals surface area contributed by atoms with Gasteiger partial charge < -0.3 is 20.5 Å². The molecule has 2 aliphatic rings. The number of hydrogen-bond donors (Lipinski definition) is 2. The molecule has 1 aromatic heterocycles. The predicted molar refractivity (Wildman–Crippen MR) is 77.5 cm³/mol. The Balaban J connectivity index is 1.76. The molecular formula is C14H11F2N3O3S. The van der Waals surface area contributed by atoms with E-state index in [-0.39, 0.29) is 29.7 Å². The zero-order valence-electron chi connectivity index (χ0n) is 11.6. The second kappa shape index (κ2) is 4.79. The van der Waals surface area contributed by atoms with Crippen molar-refractivity contribution in [2.45, 2.75) is 25.2 Å². The van der Waals surface area contributed by atoms with Gasteiger partial charge in [-0.25, -0.2) is 4.98 Å². The first-order chi connectivity index (χ1) is 10.9. The van der Waals surface area contributed by atoms with Gasteiger partial charge in [-0.3, -0.25) is 4.79 Å². The molecule has 0 bridgehead atoms. The Morgan fingerprint density at radius 2 is 2.13 bits per heavy atom. The smallest absolute Gasteiger partial charge is 0.395 e. The molecule has 3 N–H and O–H groups in total. The van der Waals surface area contributed by atoms with Crippen molar-refractivity contribution in [1.29, 1.82) is 0 Å². The fraction of sp³-hybridized carbons (Fsp3) is 0.286. The van der Waals surface area contributed by atoms with Gasteiger partial charge in [-0.2, -0.15) is 0 Å². The molecule has 0 saturated heterocycles. The quantitative estimate of drug-likeness (QED) is 0.832. The van der Waals surface area contributed by atoms with Crippen molar-refractivity contribution in [3.63, 3.8) is 0 Å². The highest BCUT2D eigenvalue weighted by Crippen LogP contribution is 2.45. The summed E-state index contributed by atoms with van der Waals surface area (Å²) in [6, 6.07) is 4.53. The summed E-state index contributed by atoms with van der Waals surface area (Å²) in [5.41, 5.74) is 7.13. The standard InChI is InChI=1S/C14H11F2N3O3S/c15-14(16)21-9-2-1-6(3-10(9)22-14)7-4-11(20)18-5-8-12(7)23-13(17)19-8/h1-3,7H,4-5H2,(H2,17,19)(H,18,20)/t7-/m1/s1. The van der Waals surface area contributed by atoms with Gasteiger partial charge in [0, 0.05) is 17.2 Å². The first-order valence-corrected chi connectivity index (χ1v) is 7.64. The number of rotatable bonds is 1. The summed E-state index contributed by atoms with van der Waals surface area (Å²) in [6.45, 7) is 0.307. The van der Waals surface area contributed by atoms with E-state index in [4.69, 9.17) is 5.73 Å². The van der Waals surface area contributed by atoms with Crippen LogP contribution in [0.1, 0.15) is 28.5 Å². The number of carbonyl (C=O) groups is 1. The number of anilines is 1. The molecule has 120 valence electrons. The number of thiazole rings is 1. The van der Waals surface area contributed by atoms with Gasteiger partial charge in [0.1, 0.15) is 0 Å². The second-order valence-electron chi connectivity index (χ2n) is 5.27. The summed E-state index contributed by atoms with van der Waals surface area (Å²) in [5.74, 6) is -0.524. The van der Waals surface area contributed by atoms with Gasteiger partial charge in [0.2, 0.25) is 5.91 Å². The molecule has 9 heteroatoms.